The van der Waals surface area contributed by atoms with E-state index >= 15 is 0 Å². The number of likely N-dealkylation sites (N-methyl/N-ethyl adjacent to an activating group) is 1. The maximum atomic E-state index is 12.3. The number of nitrogens with two attached hydrogens (primary N) is 1. The van der Waals surface area contributed by atoms with Crippen LogP contribution in [0, 0.1) is 11.8 Å². The van der Waals surface area contributed by atoms with Gasteiger partial charge in [-0.2, -0.15) is 0 Å². The van der Waals surface area contributed by atoms with Crippen LogP contribution in [0.25, 0.3) is 11.2 Å². The van der Waals surface area contributed by atoms with Gasteiger partial charge in [-0.3, -0.25) is 9.36 Å². The molecule has 3 heterocycles. The Morgan fingerprint density at radius 1 is 1.07 bits per heavy atom. The fourth-order valence-corrected chi connectivity index (χ4v) is 5.45. The lowest BCUT2D eigenvalue weighted by Crippen LogP contribution is -2.42. The summed E-state index contributed by atoms with van der Waals surface area (Å²) >= 11 is 0. The fraction of sp³-hybridized carbons (Fsp3) is 0.536. The van der Waals surface area contributed by atoms with Gasteiger partial charge in [0.2, 0.25) is 0 Å². The van der Waals surface area contributed by atoms with Crippen molar-refractivity contribution in [1.82, 2.24) is 24.8 Å². The van der Waals surface area contributed by atoms with Crippen LogP contribution in [0.2, 0.25) is 0 Å². The first-order valence-corrected chi connectivity index (χ1v) is 14.0. The lowest BCUT2D eigenvalue weighted by Gasteiger charge is -2.27. The van der Waals surface area contributed by atoms with Crippen molar-refractivity contribution in [3.8, 4) is 0 Å². The maximum absolute atomic E-state index is 12.3. The molecular formula is C28H36N6O7. The molecule has 0 radical (unpaired) electrons. The van der Waals surface area contributed by atoms with E-state index in [-0.39, 0.29) is 18.3 Å². The molecule has 4 atom stereocenters. The third-order valence-corrected chi connectivity index (χ3v) is 7.69. The molecule has 0 spiro atoms. The predicted octanol–water partition coefficient (Wildman–Crippen LogP) is 1.87. The van der Waals surface area contributed by atoms with Gasteiger partial charge in [0.25, 0.3) is 5.91 Å². The van der Waals surface area contributed by atoms with E-state index in [1.165, 1.54) is 10.9 Å². The molecule has 2 aliphatic rings. The largest absolute Gasteiger partial charge is 0.508 e. The van der Waals surface area contributed by atoms with E-state index in [1.807, 2.05) is 30.3 Å². The van der Waals surface area contributed by atoms with Gasteiger partial charge in [0.05, 0.1) is 12.9 Å². The number of amides is 1. The van der Waals surface area contributed by atoms with Gasteiger partial charge in [-0.25, -0.2) is 19.7 Å². The zero-order chi connectivity index (χ0) is 28.9. The highest BCUT2D eigenvalue weighted by atomic mass is 16.7. The van der Waals surface area contributed by atoms with Gasteiger partial charge in [0.15, 0.2) is 23.8 Å². The lowest BCUT2D eigenvalue weighted by atomic mass is 9.81. The molecule has 1 amide bonds. The van der Waals surface area contributed by atoms with Crippen LogP contribution in [0.3, 0.4) is 0 Å². The summed E-state index contributed by atoms with van der Waals surface area (Å²) in [6, 6.07) is 9.45. The molecule has 13 heteroatoms. The van der Waals surface area contributed by atoms with Crippen LogP contribution in [0.15, 0.2) is 36.7 Å². The van der Waals surface area contributed by atoms with Gasteiger partial charge in [-0.05, 0) is 50.0 Å². The van der Waals surface area contributed by atoms with Crippen LogP contribution >= 0.6 is 0 Å². The maximum Gasteiger partial charge on any atom is 0.508 e. The minimum atomic E-state index is -1.41. The summed E-state index contributed by atoms with van der Waals surface area (Å²) in [5.74, 6) is 0.811. The third kappa shape index (κ3) is 6.58. The average Bonchev–Trinajstić information content (AvgIpc) is 3.53. The highest BCUT2D eigenvalue weighted by Gasteiger charge is 2.47. The van der Waals surface area contributed by atoms with Crippen LogP contribution in [-0.4, -0.2) is 73.3 Å². The van der Waals surface area contributed by atoms with Crippen molar-refractivity contribution < 1.29 is 34.0 Å². The number of hydrogen-bond acceptors (Lipinski definition) is 11. The molecule has 0 bridgehead atoms. The second-order valence-corrected chi connectivity index (χ2v) is 10.6. The van der Waals surface area contributed by atoms with Gasteiger partial charge in [0.1, 0.15) is 30.2 Å². The molecule has 5 rings (SSSR count). The van der Waals surface area contributed by atoms with Crippen LogP contribution in [-0.2, 0) is 32.0 Å². The Kier molecular flexibility index (Phi) is 8.96. The number of nitrogen functional groups attached to an aromatic ring is 1. The normalized spacial score (nSPS) is 26.1. The summed E-state index contributed by atoms with van der Waals surface area (Å²) < 4.78 is 17.7. The molecule has 2 aromatic heterocycles. The molecule has 1 saturated carbocycles. The summed E-state index contributed by atoms with van der Waals surface area (Å²) in [6.45, 7) is 2.62. The van der Waals surface area contributed by atoms with E-state index in [1.54, 1.807) is 6.92 Å². The second kappa shape index (κ2) is 12.8. The standard InChI is InChI=1S/C28H36N6O7/c1-2-30-26(37)23-21(35)22(36)27(41-23)34-15-31-20-24(29)32-19(33-25(20)34)12-16-8-10-18(11-9-16)14-40-28(38)39-13-17-6-4-3-5-7-17/h3-7,15-16,18,21-23,27,35-36H,2,8-14H2,1H3,(H,30,37)(H2,29,32,33)/t16-,18-,21-,22?,23+,27-/m1/s1. The van der Waals surface area contributed by atoms with E-state index in [9.17, 15) is 19.8 Å². The summed E-state index contributed by atoms with van der Waals surface area (Å²) in [5.41, 5.74) is 7.81. The molecule has 13 nitrogen and oxygen atoms in total. The molecule has 1 aromatic carbocycles. The number of nitrogens with one attached hydrogen (secondary N) is 1. The lowest BCUT2D eigenvalue weighted by molar-refractivity contribution is -0.137. The number of carbonyl (C=O) groups excluding carboxylic acids is 2. The SMILES string of the molecule is CCNC(=O)[C@H]1O[C@@H](n2cnc3c(N)nc(C[C@H]4CC[C@H](COC(=O)OCc5ccccc5)CC4)nc32)C(O)[C@H]1O. The number of aromatic nitrogens is 4. The van der Waals surface area contributed by atoms with Crippen LogP contribution in [0.1, 0.15) is 50.2 Å². The monoisotopic (exact) mass is 568 g/mol. The average molecular weight is 569 g/mol. The van der Waals surface area contributed by atoms with Gasteiger partial charge < -0.3 is 35.5 Å². The van der Waals surface area contributed by atoms with E-state index in [0.717, 1.165) is 31.2 Å². The molecule has 41 heavy (non-hydrogen) atoms. The highest BCUT2D eigenvalue weighted by molar-refractivity contribution is 5.83. The molecule has 1 aliphatic carbocycles. The van der Waals surface area contributed by atoms with E-state index < -0.39 is 36.6 Å². The van der Waals surface area contributed by atoms with E-state index in [4.69, 9.17) is 19.9 Å². The van der Waals surface area contributed by atoms with Gasteiger partial charge >= 0.3 is 6.16 Å². The summed E-state index contributed by atoms with van der Waals surface area (Å²) in [7, 11) is 0. The summed E-state index contributed by atoms with van der Waals surface area (Å²) in [4.78, 5) is 37.7. The number of anilines is 1. The van der Waals surface area contributed by atoms with Crippen molar-refractivity contribution in [2.75, 3.05) is 18.9 Å². The Labute approximate surface area is 237 Å². The molecule has 3 aromatic rings. The Morgan fingerprint density at radius 3 is 2.54 bits per heavy atom. The van der Waals surface area contributed by atoms with Gasteiger partial charge in [-0.1, -0.05) is 30.3 Å². The number of nitrogens with zero attached hydrogens (tertiary/aromatic N) is 4. The molecular weight excluding hydrogens is 532 g/mol. The van der Waals surface area contributed by atoms with E-state index in [2.05, 4.69) is 20.3 Å². The zero-order valence-electron chi connectivity index (χ0n) is 22.9. The van der Waals surface area contributed by atoms with Crippen molar-refractivity contribution in [3.63, 3.8) is 0 Å². The minimum absolute atomic E-state index is 0.181. The second-order valence-electron chi connectivity index (χ2n) is 10.6. The highest BCUT2D eigenvalue weighted by Crippen LogP contribution is 2.34. The van der Waals surface area contributed by atoms with Crippen molar-refractivity contribution >= 4 is 29.0 Å². The van der Waals surface area contributed by atoms with Gasteiger partial charge in [0, 0.05) is 13.0 Å². The molecule has 1 unspecified atom stereocenters. The first kappa shape index (κ1) is 28.7. The van der Waals surface area contributed by atoms with Crippen molar-refractivity contribution in [1.29, 1.82) is 0 Å². The fourth-order valence-electron chi connectivity index (χ4n) is 5.45. The third-order valence-electron chi connectivity index (χ3n) is 7.69. The number of aliphatic hydroxyl groups excluding tert-OH is 2. The molecule has 1 saturated heterocycles. The molecule has 2 fully saturated rings. The van der Waals surface area contributed by atoms with Crippen molar-refractivity contribution in [2.45, 2.75) is 70.2 Å². The number of imidazole rings is 1. The first-order valence-electron chi connectivity index (χ1n) is 14.0. The van der Waals surface area contributed by atoms with Gasteiger partial charge in [-0.15, -0.1) is 0 Å². The Hall–Kier alpha value is -3.81. The Morgan fingerprint density at radius 2 is 1.80 bits per heavy atom. The Bertz CT molecular complexity index is 1340. The first-order chi connectivity index (χ1) is 19.8. The topological polar surface area (TPSA) is 184 Å². The number of aliphatic hydroxyl groups is 2. The summed E-state index contributed by atoms with van der Waals surface area (Å²) in [5, 5.41) is 23.7. The van der Waals surface area contributed by atoms with Crippen LogP contribution in [0.4, 0.5) is 10.6 Å². The van der Waals surface area contributed by atoms with Crippen LogP contribution in [0.5, 0.6) is 0 Å². The number of carbonyl (C=O) groups is 2. The number of rotatable bonds is 9. The van der Waals surface area contributed by atoms with E-state index in [0.29, 0.717) is 42.5 Å². The Balaban J connectivity index is 1.16. The zero-order valence-corrected chi connectivity index (χ0v) is 22.9. The number of hydrogen-bond donors (Lipinski definition) is 4. The molecule has 220 valence electrons. The van der Waals surface area contributed by atoms with Crippen LogP contribution < -0.4 is 11.1 Å². The van der Waals surface area contributed by atoms with Crippen molar-refractivity contribution in [3.05, 3.63) is 48.0 Å². The predicted molar refractivity (Wildman–Crippen MR) is 146 cm³/mol. The smallest absolute Gasteiger partial charge is 0.434 e. The van der Waals surface area contributed by atoms with Crippen molar-refractivity contribution in [2.24, 2.45) is 11.8 Å². The molecule has 1 aliphatic heterocycles. The summed E-state index contributed by atoms with van der Waals surface area (Å²) in [6.07, 6.45) is -0.105. The number of ether oxygens (including phenoxy) is 3. The molecule has 5 N–H and O–H groups in total. The quantitative estimate of drug-likeness (QED) is 0.276. The number of fused-ring (bicyclic) bond motifs is 1. The minimum Gasteiger partial charge on any atom is -0.434 e. The number of benzene rings is 1.